The van der Waals surface area contributed by atoms with Crippen molar-refractivity contribution in [1.29, 1.82) is 0 Å². The van der Waals surface area contributed by atoms with Crippen LogP contribution < -0.4 is 5.32 Å². The monoisotopic (exact) mass is 221 g/mol. The third-order valence-corrected chi connectivity index (χ3v) is 3.79. The summed E-state index contributed by atoms with van der Waals surface area (Å²) in [5, 5.41) is 11.0. The molecule has 14 heavy (non-hydrogen) atoms. The van der Waals surface area contributed by atoms with Crippen molar-refractivity contribution in [3.05, 3.63) is 0 Å². The van der Waals surface area contributed by atoms with Crippen LogP contribution in [0.25, 0.3) is 0 Å². The molecule has 0 aromatic heterocycles. The summed E-state index contributed by atoms with van der Waals surface area (Å²) in [5.74, 6) is -3.32. The zero-order chi connectivity index (χ0) is 10.9. The van der Waals surface area contributed by atoms with Gasteiger partial charge in [-0.25, -0.2) is 8.42 Å². The molecule has 1 aliphatic rings. The van der Waals surface area contributed by atoms with Gasteiger partial charge in [0.2, 0.25) is 5.91 Å². The molecule has 2 atom stereocenters. The first-order chi connectivity index (χ1) is 6.32. The predicted molar refractivity (Wildman–Crippen MR) is 47.4 cm³/mol. The van der Waals surface area contributed by atoms with Gasteiger partial charge in [-0.15, -0.1) is 0 Å². The van der Waals surface area contributed by atoms with Crippen LogP contribution in [0.5, 0.6) is 0 Å². The Balaban J connectivity index is 2.83. The topological polar surface area (TPSA) is 101 Å². The molecule has 1 aliphatic heterocycles. The van der Waals surface area contributed by atoms with Gasteiger partial charge in [-0.3, -0.25) is 9.59 Å². The fourth-order valence-corrected chi connectivity index (χ4v) is 3.42. The molecular formula is C7H11NO5S. The van der Waals surface area contributed by atoms with Gasteiger partial charge in [0.25, 0.3) is 0 Å². The predicted octanol–water partition coefficient (Wildman–Crippen LogP) is -1.38. The average Bonchev–Trinajstić information content (AvgIpc) is 2.24. The lowest BCUT2D eigenvalue weighted by atomic mass is 10.0. The van der Waals surface area contributed by atoms with Crippen LogP contribution in [0.3, 0.4) is 0 Å². The number of nitrogens with one attached hydrogen (secondary N) is 1. The van der Waals surface area contributed by atoms with Crippen molar-refractivity contribution in [2.24, 2.45) is 5.92 Å². The lowest BCUT2D eigenvalue weighted by molar-refractivity contribution is -0.141. The van der Waals surface area contributed by atoms with Crippen molar-refractivity contribution in [3.63, 3.8) is 0 Å². The SMILES string of the molecule is CC(=O)N[C@@H]1CS(=O)(=O)C[C@H]1C(=O)O. The summed E-state index contributed by atoms with van der Waals surface area (Å²) in [6.45, 7) is 1.23. The highest BCUT2D eigenvalue weighted by atomic mass is 32.2. The number of carbonyl (C=O) groups excluding carboxylic acids is 1. The number of carboxylic acids is 1. The molecule has 80 valence electrons. The summed E-state index contributed by atoms with van der Waals surface area (Å²) < 4.78 is 22.2. The standard InChI is InChI=1S/C7H11NO5S/c1-4(9)8-6-3-14(12,13)2-5(6)7(10)11/h5-6H,2-3H2,1H3,(H,8,9)(H,10,11)/t5-,6-/m1/s1. The number of rotatable bonds is 2. The largest absolute Gasteiger partial charge is 0.481 e. The quantitative estimate of drug-likeness (QED) is 0.598. The van der Waals surface area contributed by atoms with E-state index < -0.39 is 39.4 Å². The van der Waals surface area contributed by atoms with E-state index in [4.69, 9.17) is 5.11 Å². The summed E-state index contributed by atoms with van der Waals surface area (Å²) in [7, 11) is -3.33. The Morgan fingerprint density at radius 3 is 2.36 bits per heavy atom. The molecule has 1 rings (SSSR count). The Hall–Kier alpha value is -1.11. The number of aliphatic carboxylic acids is 1. The molecule has 0 saturated carbocycles. The van der Waals surface area contributed by atoms with E-state index in [9.17, 15) is 18.0 Å². The van der Waals surface area contributed by atoms with Gasteiger partial charge in [0.1, 0.15) is 0 Å². The van der Waals surface area contributed by atoms with E-state index in [-0.39, 0.29) is 5.75 Å². The molecule has 6 nitrogen and oxygen atoms in total. The molecule has 1 heterocycles. The lowest BCUT2D eigenvalue weighted by Crippen LogP contribution is -2.41. The van der Waals surface area contributed by atoms with E-state index in [0.29, 0.717) is 0 Å². The molecule has 1 amide bonds. The molecule has 0 spiro atoms. The maximum atomic E-state index is 11.1. The van der Waals surface area contributed by atoms with Crippen LogP contribution in [0.1, 0.15) is 6.92 Å². The Labute approximate surface area is 81.2 Å². The van der Waals surface area contributed by atoms with E-state index >= 15 is 0 Å². The van der Waals surface area contributed by atoms with Crippen molar-refractivity contribution in [1.82, 2.24) is 5.32 Å². The summed E-state index contributed by atoms with van der Waals surface area (Å²) in [6.07, 6.45) is 0. The van der Waals surface area contributed by atoms with Gasteiger partial charge in [-0.1, -0.05) is 0 Å². The van der Waals surface area contributed by atoms with E-state index in [1.807, 2.05) is 0 Å². The van der Waals surface area contributed by atoms with Gasteiger partial charge < -0.3 is 10.4 Å². The van der Waals surface area contributed by atoms with E-state index in [2.05, 4.69) is 5.32 Å². The minimum Gasteiger partial charge on any atom is -0.481 e. The van der Waals surface area contributed by atoms with E-state index in [1.54, 1.807) is 0 Å². The van der Waals surface area contributed by atoms with Crippen LogP contribution in [-0.4, -0.2) is 42.9 Å². The maximum absolute atomic E-state index is 11.1. The molecule has 0 unspecified atom stereocenters. The van der Waals surface area contributed by atoms with Crippen molar-refractivity contribution in [3.8, 4) is 0 Å². The van der Waals surface area contributed by atoms with E-state index in [0.717, 1.165) is 0 Å². The second-order valence-electron chi connectivity index (χ2n) is 3.33. The third kappa shape index (κ3) is 2.44. The Morgan fingerprint density at radius 2 is 1.93 bits per heavy atom. The average molecular weight is 221 g/mol. The molecule has 0 aromatic rings. The normalized spacial score (nSPS) is 29.8. The fourth-order valence-electron chi connectivity index (χ4n) is 1.49. The zero-order valence-electron chi connectivity index (χ0n) is 7.56. The number of carbonyl (C=O) groups is 2. The highest BCUT2D eigenvalue weighted by Crippen LogP contribution is 2.19. The van der Waals surface area contributed by atoms with Gasteiger partial charge in [-0.05, 0) is 0 Å². The van der Waals surface area contributed by atoms with Crippen LogP contribution in [-0.2, 0) is 19.4 Å². The molecular weight excluding hydrogens is 210 g/mol. The van der Waals surface area contributed by atoms with Crippen LogP contribution in [0.2, 0.25) is 0 Å². The van der Waals surface area contributed by atoms with Crippen molar-refractivity contribution in [2.45, 2.75) is 13.0 Å². The van der Waals surface area contributed by atoms with Crippen LogP contribution in [0.4, 0.5) is 0 Å². The van der Waals surface area contributed by atoms with Gasteiger partial charge in [-0.2, -0.15) is 0 Å². The lowest BCUT2D eigenvalue weighted by Gasteiger charge is -2.13. The zero-order valence-corrected chi connectivity index (χ0v) is 8.37. The van der Waals surface area contributed by atoms with Crippen LogP contribution in [0.15, 0.2) is 0 Å². The summed E-state index contributed by atoms with van der Waals surface area (Å²) >= 11 is 0. The molecule has 1 fully saturated rings. The smallest absolute Gasteiger partial charge is 0.309 e. The number of hydrogen-bond acceptors (Lipinski definition) is 4. The molecule has 0 aromatic carbocycles. The first kappa shape index (κ1) is 11.0. The summed E-state index contributed by atoms with van der Waals surface area (Å²) in [4.78, 5) is 21.3. The summed E-state index contributed by atoms with van der Waals surface area (Å²) in [6, 6.07) is -0.796. The molecule has 1 saturated heterocycles. The third-order valence-electron chi connectivity index (χ3n) is 2.06. The van der Waals surface area contributed by atoms with Gasteiger partial charge in [0.15, 0.2) is 9.84 Å². The number of carboxylic acid groups (broad SMARTS) is 1. The summed E-state index contributed by atoms with van der Waals surface area (Å²) in [5.41, 5.74) is 0. The van der Waals surface area contributed by atoms with Gasteiger partial charge >= 0.3 is 5.97 Å². The first-order valence-corrected chi connectivity index (χ1v) is 5.84. The minimum atomic E-state index is -3.33. The van der Waals surface area contributed by atoms with Crippen LogP contribution >= 0.6 is 0 Å². The van der Waals surface area contributed by atoms with Crippen LogP contribution in [0, 0.1) is 5.92 Å². The number of hydrogen-bond donors (Lipinski definition) is 2. The number of amides is 1. The Bertz CT molecular complexity index is 360. The molecule has 2 N–H and O–H groups in total. The highest BCUT2D eigenvalue weighted by Gasteiger charge is 2.42. The molecule has 0 aliphatic carbocycles. The second kappa shape index (κ2) is 3.56. The van der Waals surface area contributed by atoms with E-state index in [1.165, 1.54) is 6.92 Å². The van der Waals surface area contributed by atoms with Gasteiger partial charge in [0, 0.05) is 6.92 Å². The van der Waals surface area contributed by atoms with Crippen molar-refractivity contribution in [2.75, 3.05) is 11.5 Å². The highest BCUT2D eigenvalue weighted by molar-refractivity contribution is 7.91. The fraction of sp³-hybridized carbons (Fsp3) is 0.714. The Kier molecular flexibility index (Phi) is 2.79. The number of sulfone groups is 1. The van der Waals surface area contributed by atoms with Crippen molar-refractivity contribution < 1.29 is 23.1 Å². The van der Waals surface area contributed by atoms with Gasteiger partial charge in [0.05, 0.1) is 23.5 Å². The second-order valence-corrected chi connectivity index (χ2v) is 5.48. The molecule has 7 heteroatoms. The Morgan fingerprint density at radius 1 is 1.36 bits per heavy atom. The molecule has 0 bridgehead atoms. The van der Waals surface area contributed by atoms with Crippen molar-refractivity contribution >= 4 is 21.7 Å². The maximum Gasteiger partial charge on any atom is 0.309 e. The first-order valence-electron chi connectivity index (χ1n) is 4.02. The minimum absolute atomic E-state index is 0.288. The molecule has 0 radical (unpaired) electrons.